The highest BCUT2D eigenvalue weighted by atomic mass is 35.5. The summed E-state index contributed by atoms with van der Waals surface area (Å²) < 4.78 is 14.3. The molecule has 0 atom stereocenters. The molecule has 1 aliphatic heterocycles. The van der Waals surface area contributed by atoms with Gasteiger partial charge in [-0.3, -0.25) is 9.69 Å². The van der Waals surface area contributed by atoms with Crippen molar-refractivity contribution in [3.05, 3.63) is 68.8 Å². The van der Waals surface area contributed by atoms with Crippen molar-refractivity contribution in [1.29, 1.82) is 0 Å². The lowest BCUT2D eigenvalue weighted by Gasteiger charge is -2.14. The van der Waals surface area contributed by atoms with Gasteiger partial charge >= 0.3 is 0 Å². The van der Waals surface area contributed by atoms with Crippen molar-refractivity contribution in [3.63, 3.8) is 0 Å². The summed E-state index contributed by atoms with van der Waals surface area (Å²) in [7, 11) is 0. The van der Waals surface area contributed by atoms with Crippen molar-refractivity contribution in [3.8, 4) is 0 Å². The molecular weight excluding hydrogens is 376 g/mol. The number of carbonyl (C=O) groups excluding carboxylic acids is 1. The molecule has 1 saturated heterocycles. The molecule has 1 aliphatic rings. The second-order valence-corrected chi connectivity index (χ2v) is 7.15. The summed E-state index contributed by atoms with van der Waals surface area (Å²) in [6, 6.07) is 11.1. The summed E-state index contributed by atoms with van der Waals surface area (Å²) in [5, 5.41) is 0.801. The van der Waals surface area contributed by atoms with Gasteiger partial charge in [-0.25, -0.2) is 4.39 Å². The number of carbonyl (C=O) groups is 1. The molecule has 3 rings (SSSR count). The van der Waals surface area contributed by atoms with E-state index >= 15 is 0 Å². The summed E-state index contributed by atoms with van der Waals surface area (Å²) in [6.07, 6.45) is 1.42. The van der Waals surface area contributed by atoms with Crippen molar-refractivity contribution in [2.75, 3.05) is 4.90 Å². The molecule has 1 amide bonds. The Labute approximate surface area is 151 Å². The number of nitrogens with zero attached hydrogens (tertiary/aromatic N) is 1. The SMILES string of the molecule is O=C1/C(=C\c2c(F)cccc2Cl)SC(=S)N1c1ccc(Cl)cc1. The van der Waals surface area contributed by atoms with Crippen LogP contribution in [0.5, 0.6) is 0 Å². The molecule has 1 heterocycles. The Hall–Kier alpha value is -1.40. The fourth-order valence-electron chi connectivity index (χ4n) is 2.06. The quantitative estimate of drug-likeness (QED) is 0.501. The lowest BCUT2D eigenvalue weighted by Crippen LogP contribution is -2.27. The molecule has 1 fully saturated rings. The third kappa shape index (κ3) is 3.28. The van der Waals surface area contributed by atoms with Crippen LogP contribution in [0.4, 0.5) is 10.1 Å². The van der Waals surface area contributed by atoms with Crippen molar-refractivity contribution in [2.24, 2.45) is 0 Å². The van der Waals surface area contributed by atoms with Gasteiger partial charge in [-0.05, 0) is 42.5 Å². The Kier molecular flexibility index (Phi) is 4.73. The van der Waals surface area contributed by atoms with Gasteiger partial charge in [0.25, 0.3) is 5.91 Å². The van der Waals surface area contributed by atoms with Crippen LogP contribution in [-0.2, 0) is 4.79 Å². The minimum atomic E-state index is -0.491. The molecule has 0 unspecified atom stereocenters. The maximum absolute atomic E-state index is 13.9. The fourth-order valence-corrected chi connectivity index (χ4v) is 3.68. The van der Waals surface area contributed by atoms with Crippen LogP contribution < -0.4 is 4.90 Å². The smallest absolute Gasteiger partial charge is 0.268 e. The molecule has 0 radical (unpaired) electrons. The zero-order chi connectivity index (χ0) is 16.6. The number of halogens is 3. The molecule has 0 saturated carbocycles. The van der Waals surface area contributed by atoms with Gasteiger partial charge in [0.1, 0.15) is 5.82 Å². The Morgan fingerprint density at radius 1 is 1.13 bits per heavy atom. The molecule has 0 spiro atoms. The highest BCUT2D eigenvalue weighted by Crippen LogP contribution is 2.37. The molecule has 23 heavy (non-hydrogen) atoms. The first-order valence-electron chi connectivity index (χ1n) is 6.45. The highest BCUT2D eigenvalue weighted by Gasteiger charge is 2.33. The lowest BCUT2D eigenvalue weighted by molar-refractivity contribution is -0.113. The normalized spacial score (nSPS) is 16.5. The number of hydrogen-bond donors (Lipinski definition) is 0. The first kappa shape index (κ1) is 16.5. The first-order valence-corrected chi connectivity index (χ1v) is 8.43. The molecule has 7 heteroatoms. The number of thiocarbonyl (C=S) groups is 1. The molecular formula is C16H8Cl2FNOS2. The molecule has 2 aromatic rings. The maximum atomic E-state index is 13.9. The Balaban J connectivity index is 1.98. The second kappa shape index (κ2) is 6.61. The number of benzene rings is 2. The minimum absolute atomic E-state index is 0.172. The van der Waals surface area contributed by atoms with E-state index in [0.29, 0.717) is 19.9 Å². The van der Waals surface area contributed by atoms with Crippen molar-refractivity contribution < 1.29 is 9.18 Å². The lowest BCUT2D eigenvalue weighted by atomic mass is 10.2. The summed E-state index contributed by atoms with van der Waals surface area (Å²) in [5.74, 6) is -0.809. The van der Waals surface area contributed by atoms with E-state index in [1.165, 1.54) is 23.1 Å². The van der Waals surface area contributed by atoms with Crippen LogP contribution in [0.2, 0.25) is 10.0 Å². The molecule has 0 bridgehead atoms. The van der Waals surface area contributed by atoms with Crippen LogP contribution in [0.25, 0.3) is 6.08 Å². The van der Waals surface area contributed by atoms with Crippen molar-refractivity contribution in [2.45, 2.75) is 0 Å². The highest BCUT2D eigenvalue weighted by molar-refractivity contribution is 8.27. The average Bonchev–Trinajstić information content (AvgIpc) is 2.79. The standard InChI is InChI=1S/C16H8Cl2FNOS2/c17-9-4-6-10(7-5-9)20-15(21)14(23-16(20)22)8-11-12(18)2-1-3-13(11)19/h1-8H/b14-8+. The van der Waals surface area contributed by atoms with Gasteiger partial charge in [0.15, 0.2) is 4.32 Å². The number of rotatable bonds is 2. The molecule has 0 aromatic heterocycles. The Morgan fingerprint density at radius 3 is 2.48 bits per heavy atom. The van der Waals surface area contributed by atoms with E-state index in [-0.39, 0.29) is 16.5 Å². The summed E-state index contributed by atoms with van der Waals surface area (Å²) >= 11 is 18.2. The van der Waals surface area contributed by atoms with E-state index in [4.69, 9.17) is 35.4 Å². The monoisotopic (exact) mass is 383 g/mol. The van der Waals surface area contributed by atoms with Crippen LogP contribution in [0.3, 0.4) is 0 Å². The zero-order valence-electron chi connectivity index (χ0n) is 11.4. The van der Waals surface area contributed by atoms with Gasteiger partial charge in [0.2, 0.25) is 0 Å². The van der Waals surface area contributed by atoms with Gasteiger partial charge in [0, 0.05) is 10.6 Å². The van der Waals surface area contributed by atoms with Gasteiger partial charge in [-0.2, -0.15) is 0 Å². The van der Waals surface area contributed by atoms with E-state index in [1.54, 1.807) is 30.3 Å². The average molecular weight is 384 g/mol. The molecule has 116 valence electrons. The number of thioether (sulfide) groups is 1. The van der Waals surface area contributed by atoms with E-state index < -0.39 is 5.82 Å². The third-order valence-corrected chi connectivity index (χ3v) is 5.04. The zero-order valence-corrected chi connectivity index (χ0v) is 14.6. The predicted octanol–water partition coefficient (Wildman–Crippen LogP) is 5.54. The third-order valence-electron chi connectivity index (χ3n) is 3.15. The first-order chi connectivity index (χ1) is 11.0. The van der Waals surface area contributed by atoms with E-state index in [2.05, 4.69) is 0 Å². The largest absolute Gasteiger partial charge is 0.270 e. The topological polar surface area (TPSA) is 20.3 Å². The Morgan fingerprint density at radius 2 is 1.83 bits per heavy atom. The minimum Gasteiger partial charge on any atom is -0.268 e. The molecule has 2 nitrogen and oxygen atoms in total. The van der Waals surface area contributed by atoms with Crippen LogP contribution >= 0.6 is 47.2 Å². The van der Waals surface area contributed by atoms with Crippen molar-refractivity contribution in [1.82, 2.24) is 0 Å². The Bertz CT molecular complexity index is 816. The second-order valence-electron chi connectivity index (χ2n) is 4.63. The van der Waals surface area contributed by atoms with E-state index in [1.807, 2.05) is 0 Å². The molecule has 2 aromatic carbocycles. The van der Waals surface area contributed by atoms with Gasteiger partial charge < -0.3 is 0 Å². The summed E-state index contributed by atoms with van der Waals surface area (Å²) in [4.78, 5) is 14.3. The number of hydrogen-bond acceptors (Lipinski definition) is 3. The van der Waals surface area contributed by atoms with Crippen LogP contribution in [0.15, 0.2) is 47.4 Å². The molecule has 0 aliphatic carbocycles. The molecule has 0 N–H and O–H groups in total. The van der Waals surface area contributed by atoms with E-state index in [9.17, 15) is 9.18 Å². The van der Waals surface area contributed by atoms with Crippen LogP contribution in [0, 0.1) is 5.82 Å². The van der Waals surface area contributed by atoms with Crippen LogP contribution in [0.1, 0.15) is 5.56 Å². The summed E-state index contributed by atoms with van der Waals surface area (Å²) in [6.45, 7) is 0. The number of amides is 1. The van der Waals surface area contributed by atoms with Gasteiger partial charge in [-0.1, -0.05) is 53.2 Å². The van der Waals surface area contributed by atoms with E-state index in [0.717, 1.165) is 11.8 Å². The van der Waals surface area contributed by atoms with Gasteiger partial charge in [0.05, 0.1) is 15.6 Å². The fraction of sp³-hybridized carbons (Fsp3) is 0. The van der Waals surface area contributed by atoms with Crippen molar-refractivity contribution >= 4 is 69.2 Å². The van der Waals surface area contributed by atoms with Crippen LogP contribution in [-0.4, -0.2) is 10.2 Å². The maximum Gasteiger partial charge on any atom is 0.270 e. The predicted molar refractivity (Wildman–Crippen MR) is 98.5 cm³/mol. The summed E-state index contributed by atoms with van der Waals surface area (Å²) in [5.41, 5.74) is 0.783. The number of anilines is 1. The van der Waals surface area contributed by atoms with Gasteiger partial charge in [-0.15, -0.1) is 0 Å².